The lowest BCUT2D eigenvalue weighted by Gasteiger charge is -2.26. The number of nitrogens with two attached hydrogens (primary N) is 1. The molecule has 0 aliphatic rings. The Balaban J connectivity index is 5.25. The highest BCUT2D eigenvalue weighted by Crippen LogP contribution is 2.06. The molecule has 11 nitrogen and oxygen atoms in total. The van der Waals surface area contributed by atoms with Gasteiger partial charge in [0.1, 0.15) is 18.6 Å². The first kappa shape index (κ1) is 25.3. The first-order chi connectivity index (χ1) is 12.9. The molecule has 0 fully saturated rings. The molecule has 0 aliphatic carbocycles. The lowest BCUT2D eigenvalue weighted by Crippen LogP contribution is -2.57. The van der Waals surface area contributed by atoms with E-state index in [1.54, 1.807) is 27.7 Å². The van der Waals surface area contributed by atoms with E-state index >= 15 is 0 Å². The van der Waals surface area contributed by atoms with Gasteiger partial charge >= 0.3 is 11.9 Å². The summed E-state index contributed by atoms with van der Waals surface area (Å²) < 4.78 is 0. The third-order valence-electron chi connectivity index (χ3n) is 3.96. The predicted molar refractivity (Wildman–Crippen MR) is 99.0 cm³/mol. The number of hydrogen-bond donors (Lipinski definition) is 6. The molecule has 0 heterocycles. The first-order valence-electron chi connectivity index (χ1n) is 8.94. The molecule has 0 spiro atoms. The molecule has 3 unspecified atom stereocenters. The topological polar surface area (TPSA) is 188 Å². The van der Waals surface area contributed by atoms with E-state index < -0.39 is 54.3 Å². The van der Waals surface area contributed by atoms with Crippen molar-refractivity contribution in [1.29, 1.82) is 0 Å². The van der Waals surface area contributed by atoms with Crippen molar-refractivity contribution in [3.63, 3.8) is 0 Å². The van der Waals surface area contributed by atoms with Crippen molar-refractivity contribution in [3.8, 4) is 0 Å². The van der Waals surface area contributed by atoms with E-state index in [1.807, 2.05) is 0 Å². The van der Waals surface area contributed by atoms with E-state index in [0.717, 1.165) is 0 Å². The number of nitrogens with one attached hydrogen (secondary N) is 3. The van der Waals surface area contributed by atoms with Gasteiger partial charge in [0.15, 0.2) is 0 Å². The van der Waals surface area contributed by atoms with Gasteiger partial charge in [-0.1, -0.05) is 27.7 Å². The summed E-state index contributed by atoms with van der Waals surface area (Å²) in [6, 6.07) is -3.16. The van der Waals surface area contributed by atoms with E-state index in [0.29, 0.717) is 0 Å². The number of amides is 3. The lowest BCUT2D eigenvalue weighted by atomic mass is 10.0. The molecule has 3 atom stereocenters. The Morgan fingerprint density at radius 1 is 0.821 bits per heavy atom. The number of aliphatic carboxylic acids is 2. The van der Waals surface area contributed by atoms with Crippen molar-refractivity contribution in [3.05, 3.63) is 0 Å². The van der Waals surface area contributed by atoms with Crippen LogP contribution < -0.4 is 21.7 Å². The Hall–Kier alpha value is -2.69. The second-order valence-corrected chi connectivity index (χ2v) is 7.11. The van der Waals surface area contributed by atoms with Crippen LogP contribution in [-0.2, 0) is 24.0 Å². The van der Waals surface area contributed by atoms with Gasteiger partial charge in [-0.3, -0.25) is 24.0 Å². The van der Waals surface area contributed by atoms with E-state index in [1.165, 1.54) is 0 Å². The van der Waals surface area contributed by atoms with E-state index in [4.69, 9.17) is 15.9 Å². The van der Waals surface area contributed by atoms with Gasteiger partial charge < -0.3 is 31.9 Å². The summed E-state index contributed by atoms with van der Waals surface area (Å²) in [4.78, 5) is 58.3. The smallest absolute Gasteiger partial charge is 0.322 e. The van der Waals surface area contributed by atoms with E-state index in [2.05, 4.69) is 16.0 Å². The summed E-state index contributed by atoms with van der Waals surface area (Å²) in [5.41, 5.74) is 5.75. The average molecular weight is 402 g/mol. The summed E-state index contributed by atoms with van der Waals surface area (Å²) in [5.74, 6) is -5.05. The molecule has 7 N–H and O–H groups in total. The lowest BCUT2D eigenvalue weighted by molar-refractivity contribution is -0.139. The van der Waals surface area contributed by atoms with Gasteiger partial charge in [-0.05, 0) is 18.3 Å². The van der Waals surface area contributed by atoms with Gasteiger partial charge in [-0.25, -0.2) is 0 Å². The fraction of sp³-hybridized carbons (Fsp3) is 0.706. The van der Waals surface area contributed by atoms with Crippen LogP contribution in [0.1, 0.15) is 40.5 Å². The summed E-state index contributed by atoms with van der Waals surface area (Å²) in [6.07, 6.45) is -0.577. The number of carboxylic acid groups (broad SMARTS) is 2. The second-order valence-electron chi connectivity index (χ2n) is 7.11. The predicted octanol–water partition coefficient (Wildman–Crippen LogP) is -1.34. The molecule has 28 heavy (non-hydrogen) atoms. The van der Waals surface area contributed by atoms with Gasteiger partial charge in [0, 0.05) is 6.42 Å². The molecule has 11 heteroatoms. The Morgan fingerprint density at radius 2 is 1.39 bits per heavy atom. The van der Waals surface area contributed by atoms with Crippen molar-refractivity contribution in [2.45, 2.75) is 58.7 Å². The summed E-state index contributed by atoms with van der Waals surface area (Å²) in [5, 5.41) is 24.6. The van der Waals surface area contributed by atoms with Crippen molar-refractivity contribution in [1.82, 2.24) is 16.0 Å². The van der Waals surface area contributed by atoms with Crippen LogP contribution in [0, 0.1) is 11.8 Å². The Labute approximate surface area is 163 Å². The SMILES string of the molecule is CC(C)C(N)C(=O)NC(CCC(=O)O)C(=O)NC(C(=O)NCC(=O)O)C(C)C. The van der Waals surface area contributed by atoms with Crippen molar-refractivity contribution in [2.24, 2.45) is 17.6 Å². The quantitative estimate of drug-likeness (QED) is 0.231. The maximum atomic E-state index is 12.6. The van der Waals surface area contributed by atoms with Gasteiger partial charge in [0.25, 0.3) is 0 Å². The number of rotatable bonds is 12. The van der Waals surface area contributed by atoms with Crippen LogP contribution in [-0.4, -0.2) is 64.5 Å². The zero-order chi connectivity index (χ0) is 22.0. The minimum Gasteiger partial charge on any atom is -0.481 e. The highest BCUT2D eigenvalue weighted by Gasteiger charge is 2.30. The van der Waals surface area contributed by atoms with Crippen LogP contribution in [0.25, 0.3) is 0 Å². The third-order valence-corrected chi connectivity index (χ3v) is 3.96. The molecular formula is C17H30N4O7. The highest BCUT2D eigenvalue weighted by molar-refractivity contribution is 5.94. The molecule has 160 valence electrons. The number of carboxylic acids is 2. The standard InChI is InChI=1S/C17H30N4O7/c1-8(2)13(18)16(27)20-10(5-6-11(22)23)15(26)21-14(9(3)4)17(28)19-7-12(24)25/h8-10,13-14H,5-7,18H2,1-4H3,(H,19,28)(H,20,27)(H,21,26)(H,22,23)(H,24,25). The molecular weight excluding hydrogens is 372 g/mol. The van der Waals surface area contributed by atoms with Gasteiger partial charge in [0.05, 0.1) is 6.04 Å². The Bertz CT molecular complexity index is 592. The van der Waals surface area contributed by atoms with E-state index in [9.17, 15) is 24.0 Å². The van der Waals surface area contributed by atoms with Crippen LogP contribution in [0.5, 0.6) is 0 Å². The third kappa shape index (κ3) is 9.31. The number of hydrogen-bond acceptors (Lipinski definition) is 6. The van der Waals surface area contributed by atoms with Gasteiger partial charge in [-0.15, -0.1) is 0 Å². The second kappa shape index (κ2) is 11.9. The van der Waals surface area contributed by atoms with Crippen LogP contribution in [0.15, 0.2) is 0 Å². The Kier molecular flexibility index (Phi) is 10.8. The van der Waals surface area contributed by atoms with Crippen LogP contribution in [0.2, 0.25) is 0 Å². The molecule has 0 aromatic carbocycles. The minimum absolute atomic E-state index is 0.195. The molecule has 0 rings (SSSR count). The fourth-order valence-corrected chi connectivity index (χ4v) is 2.17. The van der Waals surface area contributed by atoms with Crippen LogP contribution >= 0.6 is 0 Å². The molecule has 3 amide bonds. The maximum absolute atomic E-state index is 12.6. The fourth-order valence-electron chi connectivity index (χ4n) is 2.17. The molecule has 0 radical (unpaired) electrons. The van der Waals surface area contributed by atoms with E-state index in [-0.39, 0.29) is 24.7 Å². The molecule has 0 aliphatic heterocycles. The zero-order valence-electron chi connectivity index (χ0n) is 16.5. The maximum Gasteiger partial charge on any atom is 0.322 e. The molecule has 0 saturated carbocycles. The Morgan fingerprint density at radius 3 is 1.82 bits per heavy atom. The van der Waals surface area contributed by atoms with Crippen molar-refractivity contribution < 1.29 is 34.2 Å². The van der Waals surface area contributed by atoms with Gasteiger partial charge in [-0.2, -0.15) is 0 Å². The largest absolute Gasteiger partial charge is 0.481 e. The van der Waals surface area contributed by atoms with Crippen molar-refractivity contribution >= 4 is 29.7 Å². The minimum atomic E-state index is -1.24. The summed E-state index contributed by atoms with van der Waals surface area (Å²) in [6.45, 7) is 6.12. The monoisotopic (exact) mass is 402 g/mol. The molecule has 0 bridgehead atoms. The number of carbonyl (C=O) groups excluding carboxylic acids is 3. The molecule has 0 aromatic rings. The average Bonchev–Trinajstić information content (AvgIpc) is 2.59. The first-order valence-corrected chi connectivity index (χ1v) is 8.94. The normalized spacial score (nSPS) is 14.1. The van der Waals surface area contributed by atoms with Crippen LogP contribution in [0.3, 0.4) is 0 Å². The zero-order valence-corrected chi connectivity index (χ0v) is 16.5. The summed E-state index contributed by atoms with van der Waals surface area (Å²) >= 11 is 0. The molecule has 0 aromatic heterocycles. The van der Waals surface area contributed by atoms with Gasteiger partial charge in [0.2, 0.25) is 17.7 Å². The number of carbonyl (C=O) groups is 5. The van der Waals surface area contributed by atoms with Crippen LogP contribution in [0.4, 0.5) is 0 Å². The highest BCUT2D eigenvalue weighted by atomic mass is 16.4. The van der Waals surface area contributed by atoms with Crippen molar-refractivity contribution in [2.75, 3.05) is 6.54 Å². The molecule has 0 saturated heterocycles. The summed E-state index contributed by atoms with van der Waals surface area (Å²) in [7, 11) is 0.